The van der Waals surface area contributed by atoms with Crippen molar-refractivity contribution >= 4 is 34.2 Å². The van der Waals surface area contributed by atoms with Crippen LogP contribution in [0.3, 0.4) is 0 Å². The third-order valence-corrected chi connectivity index (χ3v) is 4.09. The van der Waals surface area contributed by atoms with E-state index in [9.17, 15) is 0 Å². The van der Waals surface area contributed by atoms with E-state index in [0.29, 0.717) is 17.5 Å². The number of aromatic nitrogens is 1. The molecule has 3 nitrogen and oxygen atoms in total. The smallest absolute Gasteiger partial charge is 0.226 e. The van der Waals surface area contributed by atoms with Gasteiger partial charge in [-0.25, -0.2) is 4.98 Å². The van der Waals surface area contributed by atoms with Crippen LogP contribution in [0.15, 0.2) is 28.9 Å². The molecule has 19 heavy (non-hydrogen) atoms. The van der Waals surface area contributed by atoms with Crippen molar-refractivity contribution in [2.45, 2.75) is 32.9 Å². The van der Waals surface area contributed by atoms with Gasteiger partial charge in [-0.2, -0.15) is 0 Å². The Morgan fingerprint density at radius 3 is 2.74 bits per heavy atom. The van der Waals surface area contributed by atoms with Gasteiger partial charge >= 0.3 is 0 Å². The lowest BCUT2D eigenvalue weighted by molar-refractivity contribution is 0.421. The minimum absolute atomic E-state index is 0.0608. The van der Waals surface area contributed by atoms with Crippen LogP contribution in [0.25, 0.3) is 11.5 Å². The highest BCUT2D eigenvalue weighted by molar-refractivity contribution is 14.1. The fraction of sp³-hybridized carbons (Fsp3) is 0.357. The number of hydrogen-bond donors (Lipinski definition) is 1. The molecular weight excluding hydrogens is 375 g/mol. The van der Waals surface area contributed by atoms with E-state index < -0.39 is 0 Å². The van der Waals surface area contributed by atoms with Gasteiger partial charge in [0, 0.05) is 21.2 Å². The minimum atomic E-state index is 0.0608. The zero-order valence-corrected chi connectivity index (χ0v) is 14.0. The number of rotatable bonds is 3. The average molecular weight is 391 g/mol. The molecule has 0 aliphatic heterocycles. The quantitative estimate of drug-likeness (QED) is 0.785. The van der Waals surface area contributed by atoms with Crippen molar-refractivity contribution < 1.29 is 4.42 Å². The molecule has 2 rings (SSSR count). The van der Waals surface area contributed by atoms with Crippen molar-refractivity contribution in [1.82, 2.24) is 10.3 Å². The summed E-state index contributed by atoms with van der Waals surface area (Å²) < 4.78 is 6.52. The Morgan fingerprint density at radius 1 is 1.37 bits per heavy atom. The second-order valence-electron chi connectivity index (χ2n) is 5.38. The van der Waals surface area contributed by atoms with Crippen molar-refractivity contribution in [3.63, 3.8) is 0 Å². The van der Waals surface area contributed by atoms with Crippen molar-refractivity contribution in [3.05, 3.63) is 38.7 Å². The van der Waals surface area contributed by atoms with Crippen LogP contribution in [-0.4, -0.2) is 10.5 Å². The Balaban J connectivity index is 2.14. The maximum Gasteiger partial charge on any atom is 0.226 e. The molecule has 0 unspecified atom stereocenters. The predicted octanol–water partition coefficient (Wildman–Crippen LogP) is 4.49. The summed E-state index contributed by atoms with van der Waals surface area (Å²) in [5.74, 6) is 0.601. The van der Waals surface area contributed by atoms with Crippen LogP contribution in [0.2, 0.25) is 5.02 Å². The number of nitrogens with zero attached hydrogens (tertiary/aromatic N) is 1. The minimum Gasteiger partial charge on any atom is -0.444 e. The number of halogens is 2. The van der Waals surface area contributed by atoms with Gasteiger partial charge in [0.2, 0.25) is 5.89 Å². The fourth-order valence-electron chi connectivity index (χ4n) is 1.51. The summed E-state index contributed by atoms with van der Waals surface area (Å²) in [7, 11) is 0. The van der Waals surface area contributed by atoms with Gasteiger partial charge in [0.15, 0.2) is 0 Å². The molecule has 0 amide bonds. The van der Waals surface area contributed by atoms with Crippen molar-refractivity contribution in [1.29, 1.82) is 0 Å². The van der Waals surface area contributed by atoms with E-state index in [1.165, 1.54) is 0 Å². The molecule has 0 spiro atoms. The van der Waals surface area contributed by atoms with Crippen molar-refractivity contribution in [2.75, 3.05) is 0 Å². The summed E-state index contributed by atoms with van der Waals surface area (Å²) in [6.45, 7) is 7.04. The predicted molar refractivity (Wildman–Crippen MR) is 86.3 cm³/mol. The Bertz CT molecular complexity index is 575. The molecule has 0 bridgehead atoms. The zero-order chi connectivity index (χ0) is 14.0. The van der Waals surface area contributed by atoms with Crippen molar-refractivity contribution in [3.8, 4) is 11.5 Å². The van der Waals surface area contributed by atoms with Crippen LogP contribution in [0, 0.1) is 3.57 Å². The summed E-state index contributed by atoms with van der Waals surface area (Å²) in [6, 6.07) is 5.78. The Labute approximate surface area is 131 Å². The SMILES string of the molecule is CC(C)(C)NCc1coc(-c2ccc(I)c(Cl)c2)n1. The first-order valence-electron chi connectivity index (χ1n) is 6.00. The maximum atomic E-state index is 6.10. The van der Waals surface area contributed by atoms with E-state index in [1.54, 1.807) is 6.26 Å². The average Bonchev–Trinajstić information content (AvgIpc) is 2.78. The molecule has 1 N–H and O–H groups in total. The van der Waals surface area contributed by atoms with Gasteiger partial charge in [0.25, 0.3) is 0 Å². The Morgan fingerprint density at radius 2 is 2.11 bits per heavy atom. The molecule has 0 aliphatic carbocycles. The first kappa shape index (κ1) is 14.8. The zero-order valence-electron chi connectivity index (χ0n) is 11.1. The van der Waals surface area contributed by atoms with E-state index in [0.717, 1.165) is 14.8 Å². The second-order valence-corrected chi connectivity index (χ2v) is 6.95. The van der Waals surface area contributed by atoms with Crippen LogP contribution in [0.5, 0.6) is 0 Å². The molecule has 0 fully saturated rings. The normalized spacial score (nSPS) is 11.8. The van der Waals surface area contributed by atoms with Crippen LogP contribution in [0.4, 0.5) is 0 Å². The number of benzene rings is 1. The lowest BCUT2D eigenvalue weighted by Gasteiger charge is -2.19. The largest absolute Gasteiger partial charge is 0.444 e. The van der Waals surface area contributed by atoms with Crippen LogP contribution >= 0.6 is 34.2 Å². The van der Waals surface area contributed by atoms with Crippen LogP contribution in [0.1, 0.15) is 26.5 Å². The molecule has 1 aromatic heterocycles. The summed E-state index contributed by atoms with van der Waals surface area (Å²) in [5.41, 5.74) is 1.85. The number of hydrogen-bond acceptors (Lipinski definition) is 3. The van der Waals surface area contributed by atoms with Crippen LogP contribution in [-0.2, 0) is 6.54 Å². The molecule has 0 saturated heterocycles. The molecule has 102 valence electrons. The Kier molecular flexibility index (Phi) is 4.53. The fourth-order valence-corrected chi connectivity index (χ4v) is 2.02. The molecule has 5 heteroatoms. The van der Waals surface area contributed by atoms with E-state index >= 15 is 0 Å². The third-order valence-electron chi connectivity index (χ3n) is 2.52. The van der Waals surface area contributed by atoms with Gasteiger partial charge in [-0.05, 0) is 61.6 Å². The summed E-state index contributed by atoms with van der Waals surface area (Å²) in [5, 5.41) is 4.09. The number of nitrogens with one attached hydrogen (secondary N) is 1. The maximum absolute atomic E-state index is 6.10. The van der Waals surface area contributed by atoms with E-state index in [2.05, 4.69) is 53.7 Å². The third kappa shape index (κ3) is 4.19. The van der Waals surface area contributed by atoms with E-state index in [4.69, 9.17) is 16.0 Å². The van der Waals surface area contributed by atoms with Gasteiger partial charge in [-0.15, -0.1) is 0 Å². The molecule has 0 atom stereocenters. The molecule has 2 aromatic rings. The summed E-state index contributed by atoms with van der Waals surface area (Å²) in [4.78, 5) is 4.46. The summed E-state index contributed by atoms with van der Waals surface area (Å²) in [6.07, 6.45) is 1.68. The van der Waals surface area contributed by atoms with Crippen LogP contribution < -0.4 is 5.32 Å². The first-order chi connectivity index (χ1) is 8.85. The highest BCUT2D eigenvalue weighted by Gasteiger charge is 2.12. The lowest BCUT2D eigenvalue weighted by atomic mass is 10.1. The molecule has 1 aromatic carbocycles. The molecular formula is C14H16ClIN2O. The monoisotopic (exact) mass is 390 g/mol. The molecule has 1 heterocycles. The van der Waals surface area contributed by atoms with Gasteiger partial charge in [0.05, 0.1) is 10.7 Å². The Hall–Kier alpha value is -0.590. The van der Waals surface area contributed by atoms with Gasteiger partial charge in [-0.3, -0.25) is 0 Å². The number of oxazole rings is 1. The standard InChI is InChI=1S/C14H16ClIN2O/c1-14(2,3)17-7-10-8-19-13(18-10)9-4-5-12(16)11(15)6-9/h4-6,8,17H,7H2,1-3H3. The van der Waals surface area contributed by atoms with E-state index in [-0.39, 0.29) is 5.54 Å². The molecule has 0 aliphatic rings. The van der Waals surface area contributed by atoms with Gasteiger partial charge in [0.1, 0.15) is 6.26 Å². The van der Waals surface area contributed by atoms with Crippen molar-refractivity contribution in [2.24, 2.45) is 0 Å². The topological polar surface area (TPSA) is 38.1 Å². The highest BCUT2D eigenvalue weighted by Crippen LogP contribution is 2.26. The first-order valence-corrected chi connectivity index (χ1v) is 7.46. The summed E-state index contributed by atoms with van der Waals surface area (Å²) >= 11 is 8.30. The van der Waals surface area contributed by atoms with Gasteiger partial charge < -0.3 is 9.73 Å². The van der Waals surface area contributed by atoms with E-state index in [1.807, 2.05) is 18.2 Å². The second kappa shape index (κ2) is 5.81. The lowest BCUT2D eigenvalue weighted by Crippen LogP contribution is -2.35. The highest BCUT2D eigenvalue weighted by atomic mass is 127. The molecule has 0 saturated carbocycles. The van der Waals surface area contributed by atoms with Gasteiger partial charge in [-0.1, -0.05) is 11.6 Å². The molecule has 0 radical (unpaired) electrons.